The molecule has 0 saturated heterocycles. The zero-order chi connectivity index (χ0) is 19.1. The summed E-state index contributed by atoms with van der Waals surface area (Å²) in [6.45, 7) is 4.33. The normalized spacial score (nSPS) is 16.8. The van der Waals surface area contributed by atoms with E-state index in [1.165, 1.54) is 32.1 Å². The highest BCUT2D eigenvalue weighted by atomic mass is 127. The third-order valence-corrected chi connectivity index (χ3v) is 5.44. The molecule has 0 amide bonds. The van der Waals surface area contributed by atoms with Crippen molar-refractivity contribution in [3.63, 3.8) is 0 Å². The summed E-state index contributed by atoms with van der Waals surface area (Å²) in [4.78, 5) is 7.09. The van der Waals surface area contributed by atoms with E-state index in [9.17, 15) is 0 Å². The van der Waals surface area contributed by atoms with Crippen LogP contribution in [0.1, 0.15) is 44.9 Å². The highest BCUT2D eigenvalue weighted by Gasteiger charge is 2.25. The van der Waals surface area contributed by atoms with Crippen LogP contribution < -0.4 is 10.6 Å². The average molecular weight is 499 g/mol. The highest BCUT2D eigenvalue weighted by Crippen LogP contribution is 2.28. The van der Waals surface area contributed by atoms with E-state index in [1.807, 2.05) is 28.8 Å². The van der Waals surface area contributed by atoms with Crippen LogP contribution >= 0.6 is 24.0 Å². The summed E-state index contributed by atoms with van der Waals surface area (Å²) in [5, 5.41) is 15.4. The van der Waals surface area contributed by atoms with E-state index in [0.717, 1.165) is 36.4 Å². The number of hydrogen-bond donors (Lipinski definition) is 2. The zero-order valence-electron chi connectivity index (χ0n) is 17.3. The smallest absolute Gasteiger partial charge is 0.191 e. The molecule has 156 valence electrons. The van der Waals surface area contributed by atoms with Gasteiger partial charge in [0, 0.05) is 25.3 Å². The maximum atomic E-state index is 4.74. The third kappa shape index (κ3) is 6.04. The molecule has 28 heavy (non-hydrogen) atoms. The van der Waals surface area contributed by atoms with Crippen molar-refractivity contribution in [2.24, 2.45) is 10.9 Å². The molecule has 1 fully saturated rings. The lowest BCUT2D eigenvalue weighted by Gasteiger charge is -2.35. The first-order valence-corrected chi connectivity index (χ1v) is 10.2. The molecule has 1 unspecified atom stereocenters. The summed E-state index contributed by atoms with van der Waals surface area (Å²) in [7, 11) is 4.38. The Balaban J connectivity index is 0.00000280. The van der Waals surface area contributed by atoms with Crippen molar-refractivity contribution in [2.75, 3.05) is 27.2 Å². The highest BCUT2D eigenvalue weighted by molar-refractivity contribution is 14.0. The molecule has 0 radical (unpaired) electrons. The Morgan fingerprint density at radius 3 is 2.71 bits per heavy atom. The van der Waals surface area contributed by atoms with Crippen LogP contribution in [-0.4, -0.2) is 58.7 Å². The molecule has 1 aliphatic carbocycles. The molecule has 2 heterocycles. The second-order valence-corrected chi connectivity index (χ2v) is 7.55. The van der Waals surface area contributed by atoms with Gasteiger partial charge in [-0.15, -0.1) is 34.2 Å². The summed E-state index contributed by atoms with van der Waals surface area (Å²) in [5.74, 6) is 2.46. The molecule has 0 aromatic carbocycles. The SMILES string of the molecule is CCNC(=NCc1nnc2ccccn12)NCC(C1CCCCC1)N(C)C.I. The van der Waals surface area contributed by atoms with Crippen LogP contribution in [0.4, 0.5) is 0 Å². The van der Waals surface area contributed by atoms with Crippen LogP contribution in [0, 0.1) is 5.92 Å². The maximum absolute atomic E-state index is 4.74. The fraction of sp³-hybridized carbons (Fsp3) is 0.650. The quantitative estimate of drug-likeness (QED) is 0.349. The Kier molecular flexibility index (Phi) is 9.43. The van der Waals surface area contributed by atoms with E-state index in [2.05, 4.69) is 46.7 Å². The number of nitrogens with one attached hydrogen (secondary N) is 2. The Bertz CT molecular complexity index is 737. The molecular formula is C20H34IN7. The van der Waals surface area contributed by atoms with Gasteiger partial charge in [0.05, 0.1) is 0 Å². The molecule has 7 nitrogen and oxygen atoms in total. The Hall–Kier alpha value is -1.42. The van der Waals surface area contributed by atoms with Gasteiger partial charge in [-0.1, -0.05) is 25.3 Å². The van der Waals surface area contributed by atoms with Crippen LogP contribution in [0.2, 0.25) is 0 Å². The predicted molar refractivity (Wildman–Crippen MR) is 125 cm³/mol. The van der Waals surface area contributed by atoms with Crippen molar-refractivity contribution in [3.8, 4) is 0 Å². The number of likely N-dealkylation sites (N-methyl/N-ethyl adjacent to an activating group) is 1. The van der Waals surface area contributed by atoms with Gasteiger partial charge in [-0.05, 0) is 51.9 Å². The van der Waals surface area contributed by atoms with E-state index >= 15 is 0 Å². The first-order chi connectivity index (χ1) is 13.2. The molecule has 0 bridgehead atoms. The monoisotopic (exact) mass is 499 g/mol. The minimum absolute atomic E-state index is 0. The number of hydrogen-bond acceptors (Lipinski definition) is 4. The summed E-state index contributed by atoms with van der Waals surface area (Å²) in [5.41, 5.74) is 0.852. The van der Waals surface area contributed by atoms with E-state index in [0.29, 0.717) is 12.6 Å². The number of nitrogens with zero attached hydrogens (tertiary/aromatic N) is 5. The van der Waals surface area contributed by atoms with Crippen LogP contribution in [-0.2, 0) is 6.54 Å². The molecule has 2 aromatic heterocycles. The second-order valence-electron chi connectivity index (χ2n) is 7.55. The van der Waals surface area contributed by atoms with Crippen LogP contribution in [0.25, 0.3) is 5.65 Å². The summed E-state index contributed by atoms with van der Waals surface area (Å²) in [6.07, 6.45) is 8.77. The van der Waals surface area contributed by atoms with Gasteiger partial charge in [0.2, 0.25) is 0 Å². The van der Waals surface area contributed by atoms with Crippen molar-refractivity contribution >= 4 is 35.6 Å². The molecule has 1 aliphatic rings. The summed E-state index contributed by atoms with van der Waals surface area (Å²) >= 11 is 0. The van der Waals surface area contributed by atoms with E-state index in [1.54, 1.807) is 0 Å². The fourth-order valence-electron chi connectivity index (χ4n) is 3.98. The third-order valence-electron chi connectivity index (χ3n) is 5.44. The Morgan fingerprint density at radius 1 is 1.21 bits per heavy atom. The van der Waals surface area contributed by atoms with Gasteiger partial charge in [-0.25, -0.2) is 4.99 Å². The number of guanidine groups is 1. The van der Waals surface area contributed by atoms with Gasteiger partial charge in [0.15, 0.2) is 17.4 Å². The molecule has 1 saturated carbocycles. The van der Waals surface area contributed by atoms with Crippen molar-refractivity contribution < 1.29 is 0 Å². The molecule has 1 atom stereocenters. The number of pyridine rings is 1. The van der Waals surface area contributed by atoms with Gasteiger partial charge in [0.25, 0.3) is 0 Å². The molecule has 2 aromatic rings. The molecule has 3 rings (SSSR count). The number of aromatic nitrogens is 3. The number of fused-ring (bicyclic) bond motifs is 1. The van der Waals surface area contributed by atoms with Crippen LogP contribution in [0.5, 0.6) is 0 Å². The van der Waals surface area contributed by atoms with Crippen LogP contribution in [0.15, 0.2) is 29.4 Å². The molecular weight excluding hydrogens is 465 g/mol. The number of halogens is 1. The zero-order valence-corrected chi connectivity index (χ0v) is 19.6. The largest absolute Gasteiger partial charge is 0.357 e. The lowest BCUT2D eigenvalue weighted by atomic mass is 9.83. The van der Waals surface area contributed by atoms with Crippen LogP contribution in [0.3, 0.4) is 0 Å². The minimum atomic E-state index is 0. The molecule has 0 spiro atoms. The standard InChI is InChI=1S/C20H33N7.HI/c1-4-21-20(22-14-17(26(2)3)16-10-6-5-7-11-16)23-15-19-25-24-18-12-8-9-13-27(18)19;/h8-9,12-13,16-17H,4-7,10-11,14-15H2,1-3H3,(H2,21,22,23);1H. The Morgan fingerprint density at radius 2 is 2.00 bits per heavy atom. The van der Waals surface area contributed by atoms with E-state index in [-0.39, 0.29) is 24.0 Å². The van der Waals surface area contributed by atoms with Crippen molar-refractivity contribution in [1.29, 1.82) is 0 Å². The van der Waals surface area contributed by atoms with Gasteiger partial charge in [-0.3, -0.25) is 4.40 Å². The first-order valence-electron chi connectivity index (χ1n) is 10.2. The van der Waals surface area contributed by atoms with E-state index in [4.69, 9.17) is 4.99 Å². The van der Waals surface area contributed by atoms with Crippen molar-refractivity contribution in [2.45, 2.75) is 51.6 Å². The van der Waals surface area contributed by atoms with Crippen molar-refractivity contribution in [3.05, 3.63) is 30.2 Å². The van der Waals surface area contributed by atoms with Crippen molar-refractivity contribution in [1.82, 2.24) is 30.1 Å². The second kappa shape index (κ2) is 11.5. The van der Waals surface area contributed by atoms with Gasteiger partial charge in [0.1, 0.15) is 6.54 Å². The Labute approximate surface area is 185 Å². The van der Waals surface area contributed by atoms with Gasteiger partial charge in [-0.2, -0.15) is 0 Å². The van der Waals surface area contributed by atoms with E-state index < -0.39 is 0 Å². The minimum Gasteiger partial charge on any atom is -0.357 e. The number of aliphatic imine (C=N–C) groups is 1. The van der Waals surface area contributed by atoms with Gasteiger partial charge < -0.3 is 15.5 Å². The average Bonchev–Trinajstić information content (AvgIpc) is 3.10. The predicted octanol–water partition coefficient (Wildman–Crippen LogP) is 2.91. The maximum Gasteiger partial charge on any atom is 0.191 e. The lowest BCUT2D eigenvalue weighted by molar-refractivity contribution is 0.171. The van der Waals surface area contributed by atoms with Gasteiger partial charge >= 0.3 is 0 Å². The number of rotatable bonds is 7. The molecule has 8 heteroatoms. The summed E-state index contributed by atoms with van der Waals surface area (Å²) in [6, 6.07) is 6.44. The first kappa shape index (κ1) is 22.9. The topological polar surface area (TPSA) is 69.8 Å². The summed E-state index contributed by atoms with van der Waals surface area (Å²) < 4.78 is 1.98. The molecule has 0 aliphatic heterocycles. The fourth-order valence-corrected chi connectivity index (χ4v) is 3.98. The molecule has 2 N–H and O–H groups in total. The lowest BCUT2D eigenvalue weighted by Crippen LogP contribution is -2.48.